The molecule has 0 aliphatic carbocycles. The van der Waals surface area contributed by atoms with Crippen LogP contribution in [0.15, 0.2) is 31.8 Å². The molecule has 2 N–H and O–H groups in total. The third kappa shape index (κ3) is 3.93. The summed E-state index contributed by atoms with van der Waals surface area (Å²) in [6.45, 7) is 2.89. The van der Waals surface area contributed by atoms with E-state index < -0.39 is 0 Å². The summed E-state index contributed by atoms with van der Waals surface area (Å²) >= 11 is 10.7. The Bertz CT molecular complexity index is 520. The van der Waals surface area contributed by atoms with E-state index in [4.69, 9.17) is 5.73 Å². The molecule has 0 saturated carbocycles. The predicted molar refractivity (Wildman–Crippen MR) is 96.8 cm³/mol. The fourth-order valence-corrected chi connectivity index (χ4v) is 5.26. The van der Waals surface area contributed by atoms with Crippen molar-refractivity contribution in [3.63, 3.8) is 0 Å². The number of halogens is 2. The number of hydrogen-bond donors (Lipinski definition) is 1. The zero-order chi connectivity index (χ0) is 14.7. The zero-order valence-corrected chi connectivity index (χ0v) is 16.3. The van der Waals surface area contributed by atoms with Gasteiger partial charge >= 0.3 is 0 Å². The molecule has 2 aromatic rings. The molecule has 2 rings (SSSR count). The van der Waals surface area contributed by atoms with E-state index in [0.29, 0.717) is 12.6 Å². The quantitative estimate of drug-likeness (QED) is 0.696. The molecule has 0 radical (unpaired) electrons. The molecular weight excluding hydrogens is 420 g/mol. The summed E-state index contributed by atoms with van der Waals surface area (Å²) in [4.78, 5) is 5.10. The van der Waals surface area contributed by atoms with E-state index in [1.165, 1.54) is 9.75 Å². The average Bonchev–Trinajstić information content (AvgIpc) is 3.01. The van der Waals surface area contributed by atoms with Crippen molar-refractivity contribution in [2.75, 3.05) is 13.6 Å². The molecule has 2 unspecified atom stereocenters. The van der Waals surface area contributed by atoms with E-state index >= 15 is 0 Å². The summed E-state index contributed by atoms with van der Waals surface area (Å²) in [6.07, 6.45) is 1.07. The number of hydrogen-bond acceptors (Lipinski definition) is 4. The molecule has 2 nitrogen and oxygen atoms in total. The lowest BCUT2D eigenvalue weighted by molar-refractivity contribution is 0.191. The van der Waals surface area contributed by atoms with E-state index in [0.717, 1.165) is 14.7 Å². The lowest BCUT2D eigenvalue weighted by Crippen LogP contribution is -2.37. The predicted octanol–water partition coefficient (Wildman–Crippen LogP) is 4.90. The van der Waals surface area contributed by atoms with Crippen molar-refractivity contribution in [3.8, 4) is 0 Å². The lowest BCUT2D eigenvalue weighted by atomic mass is 10.1. The van der Waals surface area contributed by atoms with Crippen LogP contribution in [0.4, 0.5) is 0 Å². The van der Waals surface area contributed by atoms with Gasteiger partial charge in [0.05, 0.1) is 9.83 Å². The summed E-state index contributed by atoms with van der Waals surface area (Å²) in [6, 6.07) is 7.20. The van der Waals surface area contributed by atoms with Crippen molar-refractivity contribution >= 4 is 54.5 Å². The van der Waals surface area contributed by atoms with Crippen molar-refractivity contribution in [1.29, 1.82) is 0 Å². The minimum atomic E-state index is 0.262. The molecule has 0 amide bonds. The summed E-state index contributed by atoms with van der Waals surface area (Å²) in [5.74, 6) is 0. The molecule has 20 heavy (non-hydrogen) atoms. The maximum Gasteiger partial charge on any atom is 0.0843 e. The van der Waals surface area contributed by atoms with Gasteiger partial charge in [-0.15, -0.1) is 22.7 Å². The first kappa shape index (κ1) is 16.6. The van der Waals surface area contributed by atoms with Gasteiger partial charge in [-0.1, -0.05) is 6.07 Å². The topological polar surface area (TPSA) is 29.3 Å². The lowest BCUT2D eigenvalue weighted by Gasteiger charge is -2.31. The van der Waals surface area contributed by atoms with Gasteiger partial charge in [0.1, 0.15) is 0 Å². The van der Waals surface area contributed by atoms with Gasteiger partial charge in [0, 0.05) is 26.8 Å². The summed E-state index contributed by atoms with van der Waals surface area (Å²) in [5.41, 5.74) is 6.01. The number of rotatable bonds is 6. The molecule has 0 aliphatic rings. The van der Waals surface area contributed by atoms with E-state index in [2.05, 4.69) is 74.3 Å². The third-order valence-electron chi connectivity index (χ3n) is 3.48. The van der Waals surface area contributed by atoms with Gasteiger partial charge in [-0.25, -0.2) is 0 Å². The fourth-order valence-electron chi connectivity index (χ4n) is 2.18. The minimum absolute atomic E-state index is 0.262. The SMILES string of the molecule is CC(Cc1cccs1)N(C)C(CN)c1cc(Br)c(Br)s1. The average molecular weight is 438 g/mol. The van der Waals surface area contributed by atoms with Gasteiger partial charge in [-0.2, -0.15) is 0 Å². The zero-order valence-electron chi connectivity index (χ0n) is 11.5. The summed E-state index contributed by atoms with van der Waals surface area (Å²) in [7, 11) is 2.16. The highest BCUT2D eigenvalue weighted by atomic mass is 79.9. The van der Waals surface area contributed by atoms with Crippen molar-refractivity contribution in [3.05, 3.63) is 41.6 Å². The second kappa shape index (κ2) is 7.51. The minimum Gasteiger partial charge on any atom is -0.329 e. The first-order chi connectivity index (χ1) is 9.52. The Morgan fingerprint density at radius 2 is 2.15 bits per heavy atom. The largest absolute Gasteiger partial charge is 0.329 e. The Hall–Kier alpha value is 0.280. The van der Waals surface area contributed by atoms with Gasteiger partial charge in [0.2, 0.25) is 0 Å². The van der Waals surface area contributed by atoms with E-state index in [1.54, 1.807) is 11.3 Å². The Labute approximate surface area is 145 Å². The van der Waals surface area contributed by atoms with Crippen LogP contribution in [0.3, 0.4) is 0 Å². The van der Waals surface area contributed by atoms with Gasteiger partial charge in [-0.3, -0.25) is 4.90 Å². The monoisotopic (exact) mass is 436 g/mol. The van der Waals surface area contributed by atoms with Crippen molar-refractivity contribution in [1.82, 2.24) is 4.90 Å². The van der Waals surface area contributed by atoms with E-state index in [9.17, 15) is 0 Å². The van der Waals surface area contributed by atoms with Crippen molar-refractivity contribution in [2.24, 2.45) is 5.73 Å². The molecule has 0 spiro atoms. The number of nitrogens with two attached hydrogens (primary N) is 1. The second-order valence-electron chi connectivity index (χ2n) is 4.82. The van der Waals surface area contributed by atoms with Gasteiger partial charge in [0.15, 0.2) is 0 Å². The standard InChI is InChI=1S/C14H18Br2N2S2/c1-9(6-10-4-3-5-19-10)18(2)12(8-17)13-7-11(15)14(16)20-13/h3-5,7,9,12H,6,8,17H2,1-2H3. The van der Waals surface area contributed by atoms with Crippen LogP contribution in [-0.4, -0.2) is 24.5 Å². The molecule has 2 atom stereocenters. The van der Waals surface area contributed by atoms with E-state index in [1.807, 2.05) is 11.3 Å². The Morgan fingerprint density at radius 1 is 1.40 bits per heavy atom. The molecule has 2 aromatic heterocycles. The third-order valence-corrected chi connectivity index (χ3v) is 7.74. The van der Waals surface area contributed by atoms with Crippen molar-refractivity contribution < 1.29 is 0 Å². The highest BCUT2D eigenvalue weighted by Gasteiger charge is 2.23. The van der Waals surface area contributed by atoms with Crippen LogP contribution < -0.4 is 5.73 Å². The molecule has 0 fully saturated rings. The summed E-state index contributed by atoms with van der Waals surface area (Å²) < 4.78 is 2.24. The maximum atomic E-state index is 6.01. The number of thiophene rings is 2. The van der Waals surface area contributed by atoms with Crippen LogP contribution in [0.1, 0.15) is 22.7 Å². The number of nitrogens with zero attached hydrogens (tertiary/aromatic N) is 1. The van der Waals surface area contributed by atoms with Gasteiger partial charge < -0.3 is 5.73 Å². The molecular formula is C14H18Br2N2S2. The van der Waals surface area contributed by atoms with Crippen LogP contribution in [0, 0.1) is 0 Å². The second-order valence-corrected chi connectivity index (χ2v) is 9.11. The first-order valence-electron chi connectivity index (χ1n) is 6.42. The highest BCUT2D eigenvalue weighted by Crippen LogP contribution is 2.37. The molecule has 110 valence electrons. The van der Waals surface area contributed by atoms with Gasteiger partial charge in [-0.05, 0) is 69.8 Å². The fraction of sp³-hybridized carbons (Fsp3) is 0.429. The molecule has 0 aromatic carbocycles. The Morgan fingerprint density at radius 3 is 2.65 bits per heavy atom. The van der Waals surface area contributed by atoms with Crippen LogP contribution in [-0.2, 0) is 6.42 Å². The highest BCUT2D eigenvalue weighted by molar-refractivity contribution is 9.13. The van der Waals surface area contributed by atoms with Crippen LogP contribution in [0.5, 0.6) is 0 Å². The normalized spacial score (nSPS) is 14.7. The Kier molecular flexibility index (Phi) is 6.25. The smallest absolute Gasteiger partial charge is 0.0843 e. The Balaban J connectivity index is 2.10. The molecule has 2 heterocycles. The van der Waals surface area contributed by atoms with Gasteiger partial charge in [0.25, 0.3) is 0 Å². The molecule has 0 saturated heterocycles. The van der Waals surface area contributed by atoms with Crippen LogP contribution >= 0.6 is 54.5 Å². The molecule has 0 bridgehead atoms. The van der Waals surface area contributed by atoms with E-state index in [-0.39, 0.29) is 6.04 Å². The van der Waals surface area contributed by atoms with Crippen LogP contribution in [0.2, 0.25) is 0 Å². The molecule has 0 aliphatic heterocycles. The molecule has 6 heteroatoms. The number of likely N-dealkylation sites (N-methyl/N-ethyl adjacent to an activating group) is 1. The maximum absolute atomic E-state index is 6.01. The first-order valence-corrected chi connectivity index (χ1v) is 9.70. The summed E-state index contributed by atoms with van der Waals surface area (Å²) in [5, 5.41) is 2.13. The van der Waals surface area contributed by atoms with Crippen molar-refractivity contribution in [2.45, 2.75) is 25.4 Å². The van der Waals surface area contributed by atoms with Crippen LogP contribution in [0.25, 0.3) is 0 Å².